The zero-order valence-electron chi connectivity index (χ0n) is 11.3. The van der Waals surface area contributed by atoms with E-state index in [0.29, 0.717) is 6.42 Å². The Hall–Kier alpha value is -1.11. The van der Waals surface area contributed by atoms with E-state index in [-0.39, 0.29) is 12.0 Å². The van der Waals surface area contributed by atoms with Crippen LogP contribution in [0.1, 0.15) is 26.3 Å². The van der Waals surface area contributed by atoms with Gasteiger partial charge in [-0.1, -0.05) is 12.1 Å². The zero-order chi connectivity index (χ0) is 14.4. The van der Waals surface area contributed by atoms with E-state index in [2.05, 4.69) is 27.9 Å². The molecular formula is C14H18INO3. The third-order valence-electron chi connectivity index (χ3n) is 2.37. The quantitative estimate of drug-likeness (QED) is 0.635. The zero-order valence-corrected chi connectivity index (χ0v) is 13.4. The summed E-state index contributed by atoms with van der Waals surface area (Å²) in [5, 5.41) is 2.63. The monoisotopic (exact) mass is 375 g/mol. The number of carbonyl (C=O) groups excluding carboxylic acids is 2. The lowest BCUT2D eigenvalue weighted by Gasteiger charge is -2.18. The van der Waals surface area contributed by atoms with Gasteiger partial charge in [-0.2, -0.15) is 0 Å². The molecular weight excluding hydrogens is 357 g/mol. The lowest BCUT2D eigenvalue weighted by Crippen LogP contribution is -2.43. The van der Waals surface area contributed by atoms with Crippen molar-refractivity contribution in [2.75, 3.05) is 0 Å². The number of benzene rings is 1. The van der Waals surface area contributed by atoms with Crippen LogP contribution in [-0.2, 0) is 20.7 Å². The molecule has 0 saturated heterocycles. The van der Waals surface area contributed by atoms with Crippen molar-refractivity contribution in [3.63, 3.8) is 0 Å². The van der Waals surface area contributed by atoms with E-state index in [4.69, 9.17) is 4.74 Å². The van der Waals surface area contributed by atoms with Gasteiger partial charge >= 0.3 is 5.97 Å². The standard InChI is InChI=1S/C14H18INO3/c1-9(2)19-14(18)13(16-10(3)17)8-11-4-6-12(15)7-5-11/h4-7,9,13H,8H2,1-3H3,(H,16,17). The second-order valence-corrected chi connectivity index (χ2v) is 5.81. The van der Waals surface area contributed by atoms with Crippen molar-refractivity contribution in [1.82, 2.24) is 5.32 Å². The molecule has 19 heavy (non-hydrogen) atoms. The normalized spacial score (nSPS) is 12.1. The average molecular weight is 375 g/mol. The molecule has 1 atom stereocenters. The summed E-state index contributed by atoms with van der Waals surface area (Å²) in [5.74, 6) is -0.639. The Kier molecular flexibility index (Phi) is 6.27. The van der Waals surface area contributed by atoms with E-state index in [0.717, 1.165) is 9.13 Å². The van der Waals surface area contributed by atoms with E-state index in [1.54, 1.807) is 13.8 Å². The van der Waals surface area contributed by atoms with Gasteiger partial charge < -0.3 is 10.1 Å². The van der Waals surface area contributed by atoms with Gasteiger partial charge in [-0.15, -0.1) is 0 Å². The SMILES string of the molecule is CC(=O)NC(Cc1ccc(I)cc1)C(=O)OC(C)C. The Morgan fingerprint density at radius 3 is 2.32 bits per heavy atom. The Balaban J connectivity index is 2.76. The molecule has 0 aliphatic rings. The van der Waals surface area contributed by atoms with Crippen molar-refractivity contribution >= 4 is 34.5 Å². The summed E-state index contributed by atoms with van der Waals surface area (Å²) in [4.78, 5) is 23.1. The molecule has 0 heterocycles. The van der Waals surface area contributed by atoms with Gasteiger partial charge in [-0.05, 0) is 54.1 Å². The topological polar surface area (TPSA) is 55.4 Å². The number of ether oxygens (including phenoxy) is 1. The van der Waals surface area contributed by atoms with Crippen LogP contribution in [0, 0.1) is 3.57 Å². The maximum absolute atomic E-state index is 11.9. The molecule has 1 N–H and O–H groups in total. The van der Waals surface area contributed by atoms with Gasteiger partial charge in [0, 0.05) is 16.9 Å². The van der Waals surface area contributed by atoms with Crippen LogP contribution in [0.15, 0.2) is 24.3 Å². The molecule has 0 radical (unpaired) electrons. The van der Waals surface area contributed by atoms with Crippen LogP contribution < -0.4 is 5.32 Å². The van der Waals surface area contributed by atoms with Crippen molar-refractivity contribution < 1.29 is 14.3 Å². The lowest BCUT2D eigenvalue weighted by molar-refractivity contribution is -0.151. The van der Waals surface area contributed by atoms with Gasteiger partial charge in [0.05, 0.1) is 6.10 Å². The minimum Gasteiger partial charge on any atom is -0.461 e. The number of hydrogen-bond acceptors (Lipinski definition) is 3. The van der Waals surface area contributed by atoms with Crippen LogP contribution in [-0.4, -0.2) is 24.0 Å². The average Bonchev–Trinajstić information content (AvgIpc) is 2.29. The van der Waals surface area contributed by atoms with Crippen LogP contribution in [0.3, 0.4) is 0 Å². The number of esters is 1. The molecule has 104 valence electrons. The van der Waals surface area contributed by atoms with Crippen LogP contribution in [0.25, 0.3) is 0 Å². The van der Waals surface area contributed by atoms with Gasteiger partial charge in [-0.3, -0.25) is 4.79 Å². The second kappa shape index (κ2) is 7.47. The van der Waals surface area contributed by atoms with Crippen molar-refractivity contribution in [2.24, 2.45) is 0 Å². The first-order valence-electron chi connectivity index (χ1n) is 6.10. The Morgan fingerprint density at radius 1 is 1.26 bits per heavy atom. The van der Waals surface area contributed by atoms with Crippen LogP contribution in [0.2, 0.25) is 0 Å². The highest BCUT2D eigenvalue weighted by molar-refractivity contribution is 14.1. The molecule has 0 aliphatic carbocycles. The van der Waals surface area contributed by atoms with Gasteiger partial charge in [0.2, 0.25) is 5.91 Å². The summed E-state index contributed by atoms with van der Waals surface area (Å²) in [6.07, 6.45) is 0.239. The lowest BCUT2D eigenvalue weighted by atomic mass is 10.1. The summed E-state index contributed by atoms with van der Waals surface area (Å²) in [6.45, 7) is 4.96. The molecule has 5 heteroatoms. The highest BCUT2D eigenvalue weighted by atomic mass is 127. The fraction of sp³-hybridized carbons (Fsp3) is 0.429. The largest absolute Gasteiger partial charge is 0.461 e. The van der Waals surface area contributed by atoms with Gasteiger partial charge in [0.25, 0.3) is 0 Å². The van der Waals surface area contributed by atoms with Crippen molar-refractivity contribution in [3.8, 4) is 0 Å². The molecule has 0 fully saturated rings. The third kappa shape index (κ3) is 6.04. The van der Waals surface area contributed by atoms with Crippen LogP contribution in [0.4, 0.5) is 0 Å². The van der Waals surface area contributed by atoms with Crippen molar-refractivity contribution in [3.05, 3.63) is 33.4 Å². The minimum absolute atomic E-state index is 0.194. The highest BCUT2D eigenvalue weighted by Gasteiger charge is 2.22. The van der Waals surface area contributed by atoms with E-state index in [1.165, 1.54) is 6.92 Å². The molecule has 0 aliphatic heterocycles. The van der Waals surface area contributed by atoms with Crippen molar-refractivity contribution in [1.29, 1.82) is 0 Å². The molecule has 0 aromatic heterocycles. The van der Waals surface area contributed by atoms with E-state index in [9.17, 15) is 9.59 Å². The number of carbonyl (C=O) groups is 2. The summed E-state index contributed by atoms with van der Waals surface area (Å²) >= 11 is 2.22. The fourth-order valence-electron chi connectivity index (χ4n) is 1.61. The number of rotatable bonds is 5. The fourth-order valence-corrected chi connectivity index (χ4v) is 1.97. The number of hydrogen-bond donors (Lipinski definition) is 1. The van der Waals surface area contributed by atoms with Crippen LogP contribution in [0.5, 0.6) is 0 Å². The van der Waals surface area contributed by atoms with E-state index < -0.39 is 12.0 Å². The molecule has 1 aromatic rings. The second-order valence-electron chi connectivity index (χ2n) is 4.57. The predicted molar refractivity (Wildman–Crippen MR) is 81.7 cm³/mol. The molecule has 0 saturated carbocycles. The van der Waals surface area contributed by atoms with E-state index in [1.807, 2.05) is 24.3 Å². The van der Waals surface area contributed by atoms with Gasteiger partial charge in [0.1, 0.15) is 6.04 Å². The predicted octanol–water partition coefficient (Wildman–Crippen LogP) is 2.29. The Bertz CT molecular complexity index is 443. The maximum Gasteiger partial charge on any atom is 0.329 e. The summed E-state index contributed by atoms with van der Waals surface area (Å²) in [5.41, 5.74) is 0.986. The molecule has 1 amide bonds. The number of amides is 1. The molecule has 1 unspecified atom stereocenters. The molecule has 1 rings (SSSR count). The highest BCUT2D eigenvalue weighted by Crippen LogP contribution is 2.10. The van der Waals surface area contributed by atoms with Crippen molar-refractivity contribution in [2.45, 2.75) is 39.3 Å². The first-order chi connectivity index (χ1) is 8.88. The minimum atomic E-state index is -0.639. The summed E-state index contributed by atoms with van der Waals surface area (Å²) in [7, 11) is 0. The smallest absolute Gasteiger partial charge is 0.329 e. The van der Waals surface area contributed by atoms with E-state index >= 15 is 0 Å². The first kappa shape index (κ1) is 15.9. The maximum atomic E-state index is 11.9. The Morgan fingerprint density at radius 2 is 1.84 bits per heavy atom. The van der Waals surface area contributed by atoms with Crippen LogP contribution >= 0.6 is 22.6 Å². The molecule has 0 bridgehead atoms. The van der Waals surface area contributed by atoms with Gasteiger partial charge in [0.15, 0.2) is 0 Å². The third-order valence-corrected chi connectivity index (χ3v) is 3.09. The molecule has 0 spiro atoms. The van der Waals surface area contributed by atoms with Gasteiger partial charge in [-0.25, -0.2) is 4.79 Å². The molecule has 4 nitrogen and oxygen atoms in total. The number of nitrogens with one attached hydrogen (secondary N) is 1. The summed E-state index contributed by atoms with van der Waals surface area (Å²) < 4.78 is 6.28. The Labute approximate surface area is 127 Å². The molecule has 1 aromatic carbocycles. The summed E-state index contributed by atoms with van der Waals surface area (Å²) in [6, 6.07) is 7.18. The first-order valence-corrected chi connectivity index (χ1v) is 7.18. The number of halogens is 1.